The summed E-state index contributed by atoms with van der Waals surface area (Å²) in [6.07, 6.45) is 13.5. The maximum absolute atomic E-state index is 16.2. The van der Waals surface area contributed by atoms with Crippen molar-refractivity contribution in [2.24, 2.45) is 5.92 Å². The van der Waals surface area contributed by atoms with Gasteiger partial charge in [0.2, 0.25) is 5.91 Å². The van der Waals surface area contributed by atoms with Crippen molar-refractivity contribution in [1.29, 1.82) is 0 Å². The number of hydrazine groups is 1. The standard InChI is InChI=1S/C28H22FN7O2/c29-25-19(17-9-18(11-30-10-17)34-28(37)15-1-2-15)3-4-22-24(25)21(12-33-36-22)23-13-32-26-20(16-6-8-38-14-16)5-7-31-27(26)35-23/h3-15,32-33,36H,1-2H2,(H,31,35)(H,34,37). The summed E-state index contributed by atoms with van der Waals surface area (Å²) in [5, 5.41) is 9.53. The van der Waals surface area contributed by atoms with Gasteiger partial charge < -0.3 is 31.2 Å². The molecule has 3 aliphatic rings. The SMILES string of the molecule is O=C(Nc1cncc(-c2ccc3c(c2F)C(C2=CNc4c(-c5ccoc5)ccnc4N2)=CNN3)c1)C1CC1. The smallest absolute Gasteiger partial charge is 0.227 e. The van der Waals surface area contributed by atoms with E-state index in [0.717, 1.165) is 29.7 Å². The number of aromatic nitrogens is 2. The van der Waals surface area contributed by atoms with Gasteiger partial charge in [0.25, 0.3) is 0 Å². The summed E-state index contributed by atoms with van der Waals surface area (Å²) in [5.74, 6) is 0.236. The van der Waals surface area contributed by atoms with Crippen LogP contribution in [-0.4, -0.2) is 15.9 Å². The molecule has 0 saturated heterocycles. The lowest BCUT2D eigenvalue weighted by atomic mass is 9.94. The highest BCUT2D eigenvalue weighted by Crippen LogP contribution is 2.42. The fourth-order valence-corrected chi connectivity index (χ4v) is 4.70. The van der Waals surface area contributed by atoms with E-state index in [0.29, 0.717) is 45.2 Å². The average Bonchev–Trinajstić information content (AvgIpc) is 3.67. The van der Waals surface area contributed by atoms with Crippen molar-refractivity contribution in [3.05, 3.63) is 90.9 Å². The van der Waals surface area contributed by atoms with Crippen molar-refractivity contribution < 1.29 is 13.6 Å². The zero-order valence-corrected chi connectivity index (χ0v) is 20.0. The number of carbonyl (C=O) groups excluding carboxylic acids is 1. The van der Waals surface area contributed by atoms with E-state index in [9.17, 15) is 4.79 Å². The normalized spacial score (nSPS) is 15.4. The molecule has 1 aromatic carbocycles. The molecule has 188 valence electrons. The number of nitrogens with zero attached hydrogens (tertiary/aromatic N) is 2. The topological polar surface area (TPSA) is 116 Å². The summed E-state index contributed by atoms with van der Waals surface area (Å²) >= 11 is 0. The molecule has 5 N–H and O–H groups in total. The van der Waals surface area contributed by atoms with Gasteiger partial charge in [0.05, 0.1) is 41.5 Å². The number of fused-ring (bicyclic) bond motifs is 2. The summed E-state index contributed by atoms with van der Waals surface area (Å²) in [6, 6.07) is 9.03. The number of allylic oxidation sites excluding steroid dienone is 1. The van der Waals surface area contributed by atoms with Crippen LogP contribution in [0.3, 0.4) is 0 Å². The molecule has 0 bridgehead atoms. The fraction of sp³-hybridized carbons (Fsp3) is 0.107. The Kier molecular flexibility index (Phi) is 5.10. The van der Waals surface area contributed by atoms with Gasteiger partial charge in [-0.05, 0) is 43.2 Å². The van der Waals surface area contributed by atoms with Crippen LogP contribution in [-0.2, 0) is 4.79 Å². The second kappa shape index (κ2) is 8.77. The predicted molar refractivity (Wildman–Crippen MR) is 143 cm³/mol. The van der Waals surface area contributed by atoms with Crippen molar-refractivity contribution in [3.8, 4) is 22.3 Å². The Labute approximate surface area is 216 Å². The first-order chi connectivity index (χ1) is 18.7. The lowest BCUT2D eigenvalue weighted by molar-refractivity contribution is -0.117. The van der Waals surface area contributed by atoms with Crippen LogP contribution in [0.25, 0.3) is 27.8 Å². The van der Waals surface area contributed by atoms with Gasteiger partial charge in [-0.15, -0.1) is 0 Å². The number of nitrogens with one attached hydrogen (secondary N) is 5. The number of hydrogen-bond acceptors (Lipinski definition) is 8. The van der Waals surface area contributed by atoms with Gasteiger partial charge >= 0.3 is 0 Å². The molecule has 1 amide bonds. The van der Waals surface area contributed by atoms with Crippen LogP contribution >= 0.6 is 0 Å². The number of rotatable bonds is 5. The van der Waals surface area contributed by atoms with E-state index in [-0.39, 0.29) is 11.8 Å². The highest BCUT2D eigenvalue weighted by Gasteiger charge is 2.30. The molecule has 5 heterocycles. The highest BCUT2D eigenvalue weighted by atomic mass is 19.1. The summed E-state index contributed by atoms with van der Waals surface area (Å²) in [5.41, 5.74) is 12.4. The molecule has 2 aliphatic heterocycles. The number of pyridine rings is 2. The van der Waals surface area contributed by atoms with E-state index in [1.165, 1.54) is 0 Å². The number of anilines is 4. The van der Waals surface area contributed by atoms with Crippen molar-refractivity contribution >= 4 is 34.4 Å². The molecule has 0 radical (unpaired) electrons. The first-order valence-corrected chi connectivity index (χ1v) is 12.2. The average molecular weight is 508 g/mol. The van der Waals surface area contributed by atoms with Crippen molar-refractivity contribution in [3.63, 3.8) is 0 Å². The van der Waals surface area contributed by atoms with Crippen LogP contribution in [0.1, 0.15) is 18.4 Å². The monoisotopic (exact) mass is 507 g/mol. The third-order valence-electron chi connectivity index (χ3n) is 6.79. The van der Waals surface area contributed by atoms with E-state index in [1.54, 1.807) is 55.6 Å². The van der Waals surface area contributed by atoms with Crippen LogP contribution in [0, 0.1) is 11.7 Å². The molecule has 1 aliphatic carbocycles. The second-order valence-corrected chi connectivity index (χ2v) is 9.32. The number of furan rings is 1. The number of hydrogen-bond donors (Lipinski definition) is 5. The third-order valence-corrected chi connectivity index (χ3v) is 6.79. The van der Waals surface area contributed by atoms with Gasteiger partial charge in [0.15, 0.2) is 5.82 Å². The quantitative estimate of drug-likeness (QED) is 0.239. The molecule has 0 unspecified atom stereocenters. The number of benzene rings is 1. The maximum atomic E-state index is 16.2. The molecular weight excluding hydrogens is 485 g/mol. The minimum atomic E-state index is -0.413. The summed E-state index contributed by atoms with van der Waals surface area (Å²) in [6.45, 7) is 0. The van der Waals surface area contributed by atoms with Crippen LogP contribution in [0.4, 0.5) is 27.3 Å². The van der Waals surface area contributed by atoms with Gasteiger partial charge in [-0.25, -0.2) is 9.37 Å². The Bertz CT molecular complexity index is 1640. The van der Waals surface area contributed by atoms with Crippen LogP contribution in [0.15, 0.2) is 84.0 Å². The van der Waals surface area contributed by atoms with Gasteiger partial charge in [-0.1, -0.05) is 0 Å². The van der Waals surface area contributed by atoms with E-state index < -0.39 is 5.82 Å². The summed E-state index contributed by atoms with van der Waals surface area (Å²) in [7, 11) is 0. The third kappa shape index (κ3) is 3.83. The van der Waals surface area contributed by atoms with E-state index >= 15 is 4.39 Å². The molecule has 0 spiro atoms. The zero-order chi connectivity index (χ0) is 25.6. The predicted octanol–water partition coefficient (Wildman–Crippen LogP) is 5.54. The molecule has 3 aromatic heterocycles. The molecular formula is C28H22FN7O2. The lowest BCUT2D eigenvalue weighted by Crippen LogP contribution is -2.24. The Morgan fingerprint density at radius 3 is 2.84 bits per heavy atom. The Morgan fingerprint density at radius 1 is 1.08 bits per heavy atom. The molecule has 38 heavy (non-hydrogen) atoms. The minimum Gasteiger partial charge on any atom is -0.472 e. The highest BCUT2D eigenvalue weighted by molar-refractivity contribution is 5.97. The first-order valence-electron chi connectivity index (χ1n) is 12.2. The van der Waals surface area contributed by atoms with Gasteiger partial charge in [-0.2, -0.15) is 0 Å². The Morgan fingerprint density at radius 2 is 2.00 bits per heavy atom. The number of amides is 1. The first kappa shape index (κ1) is 22.1. The van der Waals surface area contributed by atoms with E-state index in [2.05, 4.69) is 36.8 Å². The minimum absolute atomic E-state index is 0.0250. The molecule has 10 heteroatoms. The van der Waals surface area contributed by atoms with Gasteiger partial charge in [0, 0.05) is 64.1 Å². The largest absolute Gasteiger partial charge is 0.472 e. The Balaban J connectivity index is 1.23. The van der Waals surface area contributed by atoms with Crippen LogP contribution in [0.2, 0.25) is 0 Å². The number of carbonyl (C=O) groups is 1. The van der Waals surface area contributed by atoms with Crippen LogP contribution < -0.4 is 26.8 Å². The molecule has 9 nitrogen and oxygen atoms in total. The molecule has 1 fully saturated rings. The van der Waals surface area contributed by atoms with Crippen molar-refractivity contribution in [1.82, 2.24) is 15.4 Å². The van der Waals surface area contributed by atoms with E-state index in [4.69, 9.17) is 4.42 Å². The lowest BCUT2D eigenvalue weighted by Gasteiger charge is -2.27. The van der Waals surface area contributed by atoms with Crippen molar-refractivity contribution in [2.75, 3.05) is 21.4 Å². The molecule has 7 rings (SSSR count). The van der Waals surface area contributed by atoms with Crippen LogP contribution in [0.5, 0.6) is 0 Å². The molecule has 1 saturated carbocycles. The zero-order valence-electron chi connectivity index (χ0n) is 20.0. The molecule has 4 aromatic rings. The van der Waals surface area contributed by atoms with E-state index in [1.807, 2.05) is 18.2 Å². The Hall–Kier alpha value is -5.12. The summed E-state index contributed by atoms with van der Waals surface area (Å²) < 4.78 is 21.4. The number of halogens is 1. The second-order valence-electron chi connectivity index (χ2n) is 9.32. The van der Waals surface area contributed by atoms with Gasteiger partial charge in [0.1, 0.15) is 5.82 Å². The van der Waals surface area contributed by atoms with Crippen molar-refractivity contribution in [2.45, 2.75) is 12.8 Å². The fourth-order valence-electron chi connectivity index (χ4n) is 4.70. The van der Waals surface area contributed by atoms with Gasteiger partial charge in [-0.3, -0.25) is 9.78 Å². The molecule has 0 atom stereocenters. The maximum Gasteiger partial charge on any atom is 0.227 e. The summed E-state index contributed by atoms with van der Waals surface area (Å²) in [4.78, 5) is 20.9.